The molecule has 2 N–H and O–H groups in total. The van der Waals surface area contributed by atoms with Crippen LogP contribution in [0.4, 0.5) is 5.69 Å². The number of carbonyl (C=O) groups is 2. The number of carboxylic acids is 1. The molecule has 0 aliphatic carbocycles. The number of amides is 1. The van der Waals surface area contributed by atoms with Crippen molar-refractivity contribution in [3.05, 3.63) is 108 Å². The fraction of sp³-hybridized carbons (Fsp3) is 0. The van der Waals surface area contributed by atoms with Gasteiger partial charge in [-0.25, -0.2) is 4.79 Å². The van der Waals surface area contributed by atoms with Crippen molar-refractivity contribution in [2.75, 3.05) is 5.32 Å². The van der Waals surface area contributed by atoms with Crippen LogP contribution in [0.1, 0.15) is 20.7 Å². The van der Waals surface area contributed by atoms with Crippen LogP contribution in [0.15, 0.2) is 97.2 Å². The molecule has 146 valence electrons. The molecule has 0 bridgehead atoms. The van der Waals surface area contributed by atoms with Crippen molar-refractivity contribution in [1.29, 1.82) is 0 Å². The van der Waals surface area contributed by atoms with Crippen LogP contribution in [0.25, 0.3) is 22.4 Å². The minimum atomic E-state index is -1.11. The van der Waals surface area contributed by atoms with Crippen LogP contribution in [0.2, 0.25) is 0 Å². The summed E-state index contributed by atoms with van der Waals surface area (Å²) in [4.78, 5) is 28.7. The number of nitrogens with zero attached hydrogens (tertiary/aromatic N) is 1. The third-order valence-electron chi connectivity index (χ3n) is 4.70. The molecule has 0 aliphatic heterocycles. The third kappa shape index (κ3) is 4.10. The zero-order valence-corrected chi connectivity index (χ0v) is 15.9. The molecule has 0 spiro atoms. The number of anilines is 1. The summed E-state index contributed by atoms with van der Waals surface area (Å²) in [5, 5.41) is 12.2. The van der Waals surface area contributed by atoms with Crippen LogP contribution >= 0.6 is 0 Å². The van der Waals surface area contributed by atoms with Crippen molar-refractivity contribution in [2.24, 2.45) is 0 Å². The monoisotopic (exact) mass is 394 g/mol. The highest BCUT2D eigenvalue weighted by Crippen LogP contribution is 2.26. The van der Waals surface area contributed by atoms with E-state index in [4.69, 9.17) is 0 Å². The molecule has 3 aromatic carbocycles. The highest BCUT2D eigenvalue weighted by atomic mass is 16.4. The number of rotatable bonds is 5. The van der Waals surface area contributed by atoms with E-state index in [9.17, 15) is 14.7 Å². The zero-order chi connectivity index (χ0) is 20.9. The molecule has 0 aliphatic rings. The predicted molar refractivity (Wildman–Crippen MR) is 116 cm³/mol. The molecule has 1 aromatic heterocycles. The second kappa shape index (κ2) is 8.41. The maximum atomic E-state index is 12.7. The van der Waals surface area contributed by atoms with Crippen molar-refractivity contribution in [3.63, 3.8) is 0 Å². The number of aromatic carboxylic acids is 1. The number of carbonyl (C=O) groups excluding carboxylic acids is 1. The summed E-state index contributed by atoms with van der Waals surface area (Å²) in [5.74, 6) is -1.53. The fourth-order valence-electron chi connectivity index (χ4n) is 3.15. The topological polar surface area (TPSA) is 79.3 Å². The molecule has 1 amide bonds. The van der Waals surface area contributed by atoms with E-state index in [1.807, 2.05) is 60.7 Å². The smallest absolute Gasteiger partial charge is 0.337 e. The molecule has 5 heteroatoms. The third-order valence-corrected chi connectivity index (χ3v) is 4.70. The van der Waals surface area contributed by atoms with E-state index in [1.165, 1.54) is 12.3 Å². The first-order valence-corrected chi connectivity index (χ1v) is 9.37. The zero-order valence-electron chi connectivity index (χ0n) is 15.9. The molecule has 5 nitrogen and oxygen atoms in total. The average Bonchev–Trinajstić information content (AvgIpc) is 2.80. The van der Waals surface area contributed by atoms with Gasteiger partial charge in [0.25, 0.3) is 5.91 Å². The summed E-state index contributed by atoms with van der Waals surface area (Å²) in [6.45, 7) is 0. The minimum absolute atomic E-state index is 0.0249. The molecule has 4 rings (SSSR count). The molecular formula is C25H18N2O3. The van der Waals surface area contributed by atoms with Gasteiger partial charge in [-0.15, -0.1) is 0 Å². The van der Waals surface area contributed by atoms with Gasteiger partial charge < -0.3 is 10.4 Å². The Bertz CT molecular complexity index is 1190. The standard InChI is InChI=1S/C25H18N2O3/c28-24(20-12-14-22(26-16-20)18-9-5-2-6-10-18)27-23-15-19(11-13-21(23)25(29)30)17-7-3-1-4-8-17/h1-16H,(H,27,28)(H,29,30). The molecule has 0 radical (unpaired) electrons. The fourth-order valence-corrected chi connectivity index (χ4v) is 3.15. The lowest BCUT2D eigenvalue weighted by Crippen LogP contribution is -2.15. The quantitative estimate of drug-likeness (QED) is 0.477. The van der Waals surface area contributed by atoms with E-state index in [2.05, 4.69) is 10.3 Å². The van der Waals surface area contributed by atoms with Gasteiger partial charge in [0.2, 0.25) is 0 Å². The lowest BCUT2D eigenvalue weighted by Gasteiger charge is -2.11. The van der Waals surface area contributed by atoms with Crippen molar-refractivity contribution >= 4 is 17.6 Å². The van der Waals surface area contributed by atoms with Crippen molar-refractivity contribution in [1.82, 2.24) is 4.98 Å². The van der Waals surface area contributed by atoms with E-state index in [1.54, 1.807) is 24.3 Å². The van der Waals surface area contributed by atoms with Gasteiger partial charge in [0.05, 0.1) is 22.5 Å². The largest absolute Gasteiger partial charge is 0.478 e. The van der Waals surface area contributed by atoms with E-state index < -0.39 is 11.9 Å². The molecule has 0 saturated heterocycles. The highest BCUT2D eigenvalue weighted by molar-refractivity contribution is 6.08. The molecule has 4 aromatic rings. The van der Waals surface area contributed by atoms with Gasteiger partial charge in [-0.1, -0.05) is 66.7 Å². The Kier molecular flexibility index (Phi) is 5.35. The van der Waals surface area contributed by atoms with Gasteiger partial charge >= 0.3 is 5.97 Å². The van der Waals surface area contributed by atoms with Crippen LogP contribution < -0.4 is 5.32 Å². The Labute approximate surface area is 173 Å². The Morgan fingerprint density at radius 3 is 2.00 bits per heavy atom. The number of benzene rings is 3. The lowest BCUT2D eigenvalue weighted by atomic mass is 10.0. The highest BCUT2D eigenvalue weighted by Gasteiger charge is 2.15. The lowest BCUT2D eigenvalue weighted by molar-refractivity contribution is 0.0698. The number of hydrogen-bond donors (Lipinski definition) is 2. The Balaban J connectivity index is 1.61. The predicted octanol–water partition coefficient (Wildman–Crippen LogP) is 5.37. The van der Waals surface area contributed by atoms with Gasteiger partial charge in [-0.3, -0.25) is 9.78 Å². The van der Waals surface area contributed by atoms with Crippen molar-refractivity contribution in [2.45, 2.75) is 0 Å². The molecule has 0 saturated carbocycles. The maximum Gasteiger partial charge on any atom is 0.337 e. The average molecular weight is 394 g/mol. The SMILES string of the molecule is O=C(Nc1cc(-c2ccccc2)ccc1C(=O)O)c1ccc(-c2ccccc2)nc1. The summed E-state index contributed by atoms with van der Waals surface area (Å²) >= 11 is 0. The first kappa shape index (κ1) is 19.1. The first-order valence-electron chi connectivity index (χ1n) is 9.37. The first-order chi connectivity index (χ1) is 14.6. The maximum absolute atomic E-state index is 12.7. The summed E-state index contributed by atoms with van der Waals surface area (Å²) in [6, 6.07) is 27.5. The Hall–Kier alpha value is -4.25. The summed E-state index contributed by atoms with van der Waals surface area (Å²) < 4.78 is 0. The Morgan fingerprint density at radius 2 is 1.40 bits per heavy atom. The van der Waals surface area contributed by atoms with Crippen LogP contribution in [-0.4, -0.2) is 22.0 Å². The molecule has 0 unspecified atom stereocenters. The number of carboxylic acid groups (broad SMARTS) is 1. The van der Waals surface area contributed by atoms with E-state index in [-0.39, 0.29) is 11.3 Å². The van der Waals surface area contributed by atoms with Gasteiger partial charge in [-0.05, 0) is 35.4 Å². The molecule has 1 heterocycles. The van der Waals surface area contributed by atoms with Gasteiger partial charge in [0, 0.05) is 11.8 Å². The van der Waals surface area contributed by atoms with Crippen LogP contribution in [-0.2, 0) is 0 Å². The van der Waals surface area contributed by atoms with Gasteiger partial charge in [-0.2, -0.15) is 0 Å². The molecule has 0 atom stereocenters. The van der Waals surface area contributed by atoms with Crippen molar-refractivity contribution < 1.29 is 14.7 Å². The van der Waals surface area contributed by atoms with Crippen LogP contribution in [0.5, 0.6) is 0 Å². The van der Waals surface area contributed by atoms with Gasteiger partial charge in [0.15, 0.2) is 0 Å². The summed E-state index contributed by atoms with van der Waals surface area (Å²) in [5.41, 5.74) is 4.05. The molecule has 30 heavy (non-hydrogen) atoms. The number of aromatic nitrogens is 1. The molecule has 0 fully saturated rings. The number of hydrogen-bond acceptors (Lipinski definition) is 3. The number of pyridine rings is 1. The minimum Gasteiger partial charge on any atom is -0.478 e. The molecular weight excluding hydrogens is 376 g/mol. The van der Waals surface area contributed by atoms with E-state index in [0.29, 0.717) is 5.56 Å². The van der Waals surface area contributed by atoms with Crippen LogP contribution in [0, 0.1) is 0 Å². The van der Waals surface area contributed by atoms with E-state index >= 15 is 0 Å². The van der Waals surface area contributed by atoms with E-state index in [0.717, 1.165) is 22.4 Å². The summed E-state index contributed by atoms with van der Waals surface area (Å²) in [7, 11) is 0. The number of nitrogens with one attached hydrogen (secondary N) is 1. The van der Waals surface area contributed by atoms with Crippen molar-refractivity contribution in [3.8, 4) is 22.4 Å². The normalized spacial score (nSPS) is 10.4. The second-order valence-corrected chi connectivity index (χ2v) is 6.68. The van der Waals surface area contributed by atoms with Gasteiger partial charge in [0.1, 0.15) is 0 Å². The summed E-state index contributed by atoms with van der Waals surface area (Å²) in [6.07, 6.45) is 1.49. The second-order valence-electron chi connectivity index (χ2n) is 6.68. The van der Waals surface area contributed by atoms with Crippen LogP contribution in [0.3, 0.4) is 0 Å². The Morgan fingerprint density at radius 1 is 0.733 bits per heavy atom.